The molecule has 1 aliphatic carbocycles. The summed E-state index contributed by atoms with van der Waals surface area (Å²) in [6, 6.07) is 6.48. The fourth-order valence-corrected chi connectivity index (χ4v) is 4.09. The quantitative estimate of drug-likeness (QED) is 0.692. The normalized spacial score (nSPS) is 12.4. The molecule has 0 radical (unpaired) electrons. The summed E-state index contributed by atoms with van der Waals surface area (Å²) in [6.07, 6.45) is 3.37. The molecule has 4 rings (SSSR count). The van der Waals surface area contributed by atoms with E-state index >= 15 is 0 Å². The van der Waals surface area contributed by atoms with Crippen LogP contribution < -0.4 is 4.74 Å². The first-order valence-corrected chi connectivity index (χ1v) is 8.81. The maximum atomic E-state index is 12.4. The van der Waals surface area contributed by atoms with E-state index in [1.807, 2.05) is 6.20 Å². The highest BCUT2D eigenvalue weighted by molar-refractivity contribution is 7.16. The second-order valence-electron chi connectivity index (χ2n) is 5.66. The molecule has 0 atom stereocenters. The van der Waals surface area contributed by atoms with Crippen LogP contribution in [0.25, 0.3) is 11.3 Å². The summed E-state index contributed by atoms with van der Waals surface area (Å²) in [5.74, 6) is 0.430. The maximum absolute atomic E-state index is 12.4. The summed E-state index contributed by atoms with van der Waals surface area (Å²) < 4.78 is 11.2. The second kappa shape index (κ2) is 6.25. The van der Waals surface area contributed by atoms with Crippen molar-refractivity contribution in [3.05, 3.63) is 46.5 Å². The third kappa shape index (κ3) is 2.76. The van der Waals surface area contributed by atoms with Crippen LogP contribution in [0.4, 0.5) is 0 Å². The molecule has 7 heteroatoms. The van der Waals surface area contributed by atoms with Crippen molar-refractivity contribution in [1.82, 2.24) is 10.2 Å². The van der Waals surface area contributed by atoms with Crippen molar-refractivity contribution in [2.24, 2.45) is 0 Å². The van der Waals surface area contributed by atoms with Crippen LogP contribution in [-0.2, 0) is 17.6 Å². The number of aromatic amines is 1. The van der Waals surface area contributed by atoms with Gasteiger partial charge in [-0.1, -0.05) is 11.3 Å². The zero-order valence-corrected chi connectivity index (χ0v) is 14.4. The second-order valence-corrected chi connectivity index (χ2v) is 6.64. The van der Waals surface area contributed by atoms with Gasteiger partial charge in [0.1, 0.15) is 16.4 Å². The lowest BCUT2D eigenvalue weighted by atomic mass is 9.92. The van der Waals surface area contributed by atoms with Crippen molar-refractivity contribution in [1.29, 1.82) is 0 Å². The van der Waals surface area contributed by atoms with Gasteiger partial charge in [-0.15, -0.1) is 0 Å². The molecular weight excluding hydrogens is 340 g/mol. The molecule has 0 saturated carbocycles. The van der Waals surface area contributed by atoms with Crippen LogP contribution in [0.3, 0.4) is 0 Å². The highest BCUT2D eigenvalue weighted by Crippen LogP contribution is 2.48. The van der Waals surface area contributed by atoms with Crippen molar-refractivity contribution in [3.8, 4) is 27.8 Å². The number of carbonyl (C=O) groups is 1. The SMILES string of the molecule is CCOC(=O)c1sc(Oc2ccc(O)cc2)c2c1CCc1cn[nH]c1-2. The first kappa shape index (κ1) is 15.7. The molecule has 3 aromatic rings. The topological polar surface area (TPSA) is 84.4 Å². The van der Waals surface area contributed by atoms with E-state index < -0.39 is 0 Å². The molecule has 128 valence electrons. The maximum Gasteiger partial charge on any atom is 0.348 e. The Morgan fingerprint density at radius 3 is 2.88 bits per heavy atom. The predicted octanol–water partition coefficient (Wildman–Crippen LogP) is 3.91. The van der Waals surface area contributed by atoms with Gasteiger partial charge in [-0.2, -0.15) is 5.10 Å². The molecule has 2 heterocycles. The number of aryl methyl sites for hydroxylation is 1. The highest BCUT2D eigenvalue weighted by Gasteiger charge is 2.31. The van der Waals surface area contributed by atoms with E-state index in [-0.39, 0.29) is 11.7 Å². The third-order valence-electron chi connectivity index (χ3n) is 4.10. The monoisotopic (exact) mass is 356 g/mol. The fourth-order valence-electron chi connectivity index (χ4n) is 2.96. The number of aromatic hydroxyl groups is 1. The largest absolute Gasteiger partial charge is 0.508 e. The summed E-state index contributed by atoms with van der Waals surface area (Å²) >= 11 is 1.28. The van der Waals surface area contributed by atoms with Gasteiger partial charge >= 0.3 is 5.97 Å². The molecule has 2 aromatic heterocycles. The van der Waals surface area contributed by atoms with E-state index in [2.05, 4.69) is 10.2 Å². The number of thiophene rings is 1. The van der Waals surface area contributed by atoms with Gasteiger partial charge < -0.3 is 14.6 Å². The van der Waals surface area contributed by atoms with Gasteiger partial charge in [-0.05, 0) is 55.2 Å². The Kier molecular flexibility index (Phi) is 3.93. The minimum atomic E-state index is -0.327. The molecule has 1 aliphatic rings. The minimum absolute atomic E-state index is 0.170. The summed E-state index contributed by atoms with van der Waals surface area (Å²) in [7, 11) is 0. The Bertz CT molecular complexity index is 927. The average Bonchev–Trinajstić information content (AvgIpc) is 3.21. The van der Waals surface area contributed by atoms with Crippen LogP contribution in [0.5, 0.6) is 16.6 Å². The summed E-state index contributed by atoms with van der Waals surface area (Å²) in [4.78, 5) is 12.9. The number of rotatable bonds is 4. The number of H-pyrrole nitrogens is 1. The molecule has 2 N–H and O–H groups in total. The Balaban J connectivity index is 1.81. The van der Waals surface area contributed by atoms with E-state index in [0.29, 0.717) is 22.3 Å². The minimum Gasteiger partial charge on any atom is -0.508 e. The van der Waals surface area contributed by atoms with E-state index in [1.165, 1.54) is 11.3 Å². The smallest absolute Gasteiger partial charge is 0.348 e. The van der Waals surface area contributed by atoms with Gasteiger partial charge in [0, 0.05) is 0 Å². The zero-order chi connectivity index (χ0) is 17.4. The summed E-state index contributed by atoms with van der Waals surface area (Å²) in [5, 5.41) is 17.2. The molecule has 0 spiro atoms. The highest BCUT2D eigenvalue weighted by atomic mass is 32.1. The van der Waals surface area contributed by atoms with Gasteiger partial charge in [0.2, 0.25) is 0 Å². The third-order valence-corrected chi connectivity index (χ3v) is 5.19. The summed E-state index contributed by atoms with van der Waals surface area (Å²) in [6.45, 7) is 2.12. The van der Waals surface area contributed by atoms with E-state index in [9.17, 15) is 9.90 Å². The molecule has 0 saturated heterocycles. The Morgan fingerprint density at radius 1 is 1.32 bits per heavy atom. The van der Waals surface area contributed by atoms with Gasteiger partial charge in [-0.3, -0.25) is 5.10 Å². The Hall–Kier alpha value is -2.80. The van der Waals surface area contributed by atoms with Crippen molar-refractivity contribution in [2.75, 3.05) is 6.61 Å². The van der Waals surface area contributed by atoms with Crippen LogP contribution >= 0.6 is 11.3 Å². The number of aromatic nitrogens is 2. The van der Waals surface area contributed by atoms with Crippen LogP contribution in [0.2, 0.25) is 0 Å². The van der Waals surface area contributed by atoms with E-state index in [4.69, 9.17) is 9.47 Å². The Morgan fingerprint density at radius 2 is 2.12 bits per heavy atom. The predicted molar refractivity (Wildman–Crippen MR) is 93.4 cm³/mol. The molecule has 0 aliphatic heterocycles. The first-order valence-electron chi connectivity index (χ1n) is 7.99. The van der Waals surface area contributed by atoms with Crippen LogP contribution in [0.1, 0.15) is 27.7 Å². The van der Waals surface area contributed by atoms with E-state index in [1.54, 1.807) is 31.2 Å². The number of benzene rings is 1. The standard InChI is InChI=1S/C18H16N2O4S/c1-2-23-17(22)16-13-8-3-10-9-19-20-15(10)14(13)18(25-16)24-12-6-4-11(21)5-7-12/h4-7,9,21H,2-3,8H2,1H3,(H,19,20). The number of esters is 1. The molecule has 0 unspecified atom stereocenters. The number of ether oxygens (including phenoxy) is 2. The van der Waals surface area contributed by atoms with E-state index in [0.717, 1.165) is 35.2 Å². The first-order chi connectivity index (χ1) is 12.2. The van der Waals surface area contributed by atoms with Crippen molar-refractivity contribution in [3.63, 3.8) is 0 Å². The molecule has 0 amide bonds. The lowest BCUT2D eigenvalue weighted by Gasteiger charge is -2.14. The fraction of sp³-hybridized carbons (Fsp3) is 0.222. The number of hydrogen-bond acceptors (Lipinski definition) is 6. The number of nitrogens with one attached hydrogen (secondary N) is 1. The number of phenolic OH excluding ortho intramolecular Hbond substituents is 1. The Labute approximate surface area is 148 Å². The van der Waals surface area contributed by atoms with Crippen LogP contribution in [-0.4, -0.2) is 27.9 Å². The molecular formula is C18H16N2O4S. The molecule has 6 nitrogen and oxygen atoms in total. The van der Waals surface area contributed by atoms with Crippen molar-refractivity contribution in [2.45, 2.75) is 19.8 Å². The van der Waals surface area contributed by atoms with Crippen LogP contribution in [0, 0.1) is 0 Å². The van der Waals surface area contributed by atoms with Gasteiger partial charge in [0.25, 0.3) is 0 Å². The molecule has 0 fully saturated rings. The average molecular weight is 356 g/mol. The van der Waals surface area contributed by atoms with Gasteiger partial charge in [0.15, 0.2) is 5.06 Å². The van der Waals surface area contributed by atoms with Gasteiger partial charge in [0.05, 0.1) is 24.1 Å². The molecule has 0 bridgehead atoms. The number of hydrogen-bond donors (Lipinski definition) is 2. The van der Waals surface area contributed by atoms with Crippen molar-refractivity contribution >= 4 is 17.3 Å². The molecule has 25 heavy (non-hydrogen) atoms. The summed E-state index contributed by atoms with van der Waals surface area (Å²) in [5.41, 5.74) is 3.81. The molecule has 1 aromatic carbocycles. The van der Waals surface area contributed by atoms with Crippen LogP contribution in [0.15, 0.2) is 30.5 Å². The lowest BCUT2D eigenvalue weighted by molar-refractivity contribution is 0.0531. The number of phenols is 1. The number of carbonyl (C=O) groups excluding carboxylic acids is 1. The lowest BCUT2D eigenvalue weighted by Crippen LogP contribution is -2.08. The number of fused-ring (bicyclic) bond motifs is 3. The number of nitrogens with zero attached hydrogens (tertiary/aromatic N) is 1. The van der Waals surface area contributed by atoms with Crippen molar-refractivity contribution < 1.29 is 19.4 Å². The van der Waals surface area contributed by atoms with Gasteiger partial charge in [-0.25, -0.2) is 4.79 Å². The zero-order valence-electron chi connectivity index (χ0n) is 13.5.